The van der Waals surface area contributed by atoms with Gasteiger partial charge in [0, 0.05) is 49.5 Å². The second-order valence-corrected chi connectivity index (χ2v) is 32.5. The number of methoxy groups -OCH3 is 4. The summed E-state index contributed by atoms with van der Waals surface area (Å²) in [6.07, 6.45) is 14.1. The molecule has 6 heterocycles. The van der Waals surface area contributed by atoms with Crippen LogP contribution in [-0.4, -0.2) is 228 Å². The number of nitrogens with one attached hydrogen (secondary N) is 8. The van der Waals surface area contributed by atoms with Crippen molar-refractivity contribution in [3.05, 3.63) is 46.7 Å². The fourth-order valence-corrected chi connectivity index (χ4v) is 14.5. The first kappa shape index (κ1) is 86.7. The number of amides is 8. The third-order valence-corrected chi connectivity index (χ3v) is 21.1. The van der Waals surface area contributed by atoms with Gasteiger partial charge < -0.3 is 85.9 Å². The largest absolute Gasteiger partial charge is 0.472 e. The summed E-state index contributed by atoms with van der Waals surface area (Å²) in [5.41, 5.74) is -1.65. The molecule has 11 atom stereocenters. The summed E-state index contributed by atoms with van der Waals surface area (Å²) >= 11 is 12.1. The molecule has 6 fully saturated rings. The molecular formula is C76H110Cl2N18O16. The van der Waals surface area contributed by atoms with Gasteiger partial charge in [-0.05, 0) is 99.0 Å². The molecule has 8 amide bonds. The van der Waals surface area contributed by atoms with E-state index in [2.05, 4.69) is 82.4 Å². The molecule has 614 valence electrons. The number of Topliss-reactive ketones (excluding diaryl/α,β-unsaturated/α-hetero) is 1. The van der Waals surface area contributed by atoms with Crippen molar-refractivity contribution in [3.8, 4) is 35.8 Å². The summed E-state index contributed by atoms with van der Waals surface area (Å²) < 4.78 is 33.2. The van der Waals surface area contributed by atoms with Crippen molar-refractivity contribution in [1.82, 2.24) is 81.6 Å². The van der Waals surface area contributed by atoms with Crippen LogP contribution >= 0.6 is 23.2 Å². The summed E-state index contributed by atoms with van der Waals surface area (Å²) in [7, 11) is 5.64. The lowest BCUT2D eigenvalue weighted by atomic mass is 9.82. The van der Waals surface area contributed by atoms with Gasteiger partial charge in [-0.2, -0.15) is 19.9 Å². The van der Waals surface area contributed by atoms with Crippen LogP contribution in [0.5, 0.6) is 35.8 Å². The molecular weight excluding hydrogens is 1490 g/mol. The summed E-state index contributed by atoms with van der Waals surface area (Å²) in [4.78, 5) is 162. The third kappa shape index (κ3) is 24.4. The Morgan fingerprint density at radius 1 is 0.509 bits per heavy atom. The normalized spacial score (nSPS) is 20.6. The van der Waals surface area contributed by atoms with Gasteiger partial charge in [0.15, 0.2) is 6.10 Å². The fraction of sp³-hybridized carbons (Fsp3) is 0.671. The molecule has 2 saturated heterocycles. The van der Waals surface area contributed by atoms with Crippen molar-refractivity contribution in [2.75, 3.05) is 52.2 Å². The van der Waals surface area contributed by atoms with Crippen LogP contribution in [0.1, 0.15) is 184 Å². The molecule has 0 spiro atoms. The van der Waals surface area contributed by atoms with Gasteiger partial charge in [-0.1, -0.05) is 130 Å². The Hall–Kier alpha value is -9.31. The topological polar surface area (TPSA) is 435 Å². The predicted molar refractivity (Wildman–Crippen MR) is 411 cm³/mol. The van der Waals surface area contributed by atoms with E-state index in [1.807, 2.05) is 55.4 Å². The second-order valence-electron chi connectivity index (χ2n) is 31.6. The molecule has 6 aliphatic rings. The van der Waals surface area contributed by atoms with Gasteiger partial charge in [0.05, 0.1) is 63.7 Å². The van der Waals surface area contributed by atoms with Crippen LogP contribution in [0, 0.1) is 22.7 Å². The van der Waals surface area contributed by atoms with E-state index in [9.17, 15) is 48.3 Å². The minimum atomic E-state index is -1.48. The van der Waals surface area contributed by atoms with E-state index in [1.165, 1.54) is 50.6 Å². The number of anilines is 2. The van der Waals surface area contributed by atoms with Gasteiger partial charge in [-0.3, -0.25) is 43.2 Å². The van der Waals surface area contributed by atoms with Crippen molar-refractivity contribution >= 4 is 88.1 Å². The zero-order chi connectivity index (χ0) is 81.1. The Kier molecular flexibility index (Phi) is 30.9. The third-order valence-electron chi connectivity index (χ3n) is 20.6. The maximum atomic E-state index is 14.8. The monoisotopic (exact) mass is 1600 g/mol. The average molecular weight is 1600 g/mol. The van der Waals surface area contributed by atoms with Crippen LogP contribution in [0.15, 0.2) is 36.7 Å². The standard InChI is InChI=1S/C38H56ClN9O8.C38H54ClN9O8/c2*1-7-11-25(29(49)33(52)41-23-15-16-23)42-31(50)26-18-24(56-27-17-14-22(39)19-40-27)20-48(26)34(53)30(38(2,3)4)44-32(51)28(21-12-9-8-10-13-21)43-35-45-36(54-5)47-37(46-35)55-6/h14,17,19,21,23-26,28-30,49H,7-13,15-16,18,20H2,1-6H3,(H,41,52)(H,42,50)(H,44,51)(H,43,45,46,47);14,17,19,21,23-26,28,30H,7-13,15-16,18,20H2,1-6H3,(H,41,52)(H,42,50)(H,44,51)(H,43,45,46,47)/t24-,25+,26+,28+,29?,30-;24-,25+,26+,28+,30-/m11/s1. The molecule has 36 heteroatoms. The fourth-order valence-electron chi connectivity index (χ4n) is 14.3. The number of aromatic nitrogens is 8. The minimum absolute atomic E-state index is 0.000224. The highest BCUT2D eigenvalue weighted by molar-refractivity contribution is 6.38. The quantitative estimate of drug-likeness (QED) is 0.0249. The molecule has 4 aliphatic carbocycles. The molecule has 34 nitrogen and oxygen atoms in total. The van der Waals surface area contributed by atoms with Crippen LogP contribution < -0.4 is 71.0 Å². The summed E-state index contributed by atoms with van der Waals surface area (Å²) in [6.45, 7) is 14.7. The van der Waals surface area contributed by atoms with Crippen molar-refractivity contribution in [2.45, 2.75) is 263 Å². The number of hydrogen-bond acceptors (Lipinski definition) is 26. The van der Waals surface area contributed by atoms with E-state index in [4.69, 9.17) is 51.6 Å². The minimum Gasteiger partial charge on any atom is -0.472 e. The van der Waals surface area contributed by atoms with E-state index < -0.39 is 131 Å². The van der Waals surface area contributed by atoms with Crippen LogP contribution in [0.3, 0.4) is 0 Å². The van der Waals surface area contributed by atoms with E-state index in [0.717, 1.165) is 89.9 Å². The molecule has 4 saturated carbocycles. The lowest BCUT2D eigenvalue weighted by Crippen LogP contribution is -2.61. The SMILES string of the molecule is CCC[C@H](NC(=O)[C@@H]1C[C@@H](Oc2ccc(Cl)cn2)CN1C(=O)[C@@H](NC(=O)[C@@H](Nc1nc(OC)nc(OC)n1)C1CCCCC1)C(C)(C)C)C(=O)C(=O)NC1CC1.CCC[C@H](NC(=O)[C@@H]1C[C@@H](Oc2ccc(Cl)cn2)CN1C(=O)[C@@H](NC(=O)[C@@H](Nc1nc(OC)nc(OC)n1)C1CCCCC1)C(C)(C)C)C(O)C(=O)NC1CC1. The van der Waals surface area contributed by atoms with Crippen molar-refractivity contribution in [1.29, 1.82) is 0 Å². The molecule has 1 unspecified atom stereocenters. The van der Waals surface area contributed by atoms with Gasteiger partial charge in [0.2, 0.25) is 64.9 Å². The molecule has 112 heavy (non-hydrogen) atoms. The van der Waals surface area contributed by atoms with Gasteiger partial charge in [0.1, 0.15) is 48.5 Å². The predicted octanol–water partition coefficient (Wildman–Crippen LogP) is 5.81. The number of carbonyl (C=O) groups excluding carboxylic acids is 9. The Morgan fingerprint density at radius 3 is 1.26 bits per heavy atom. The number of hydrogen-bond donors (Lipinski definition) is 9. The molecule has 2 aliphatic heterocycles. The van der Waals surface area contributed by atoms with E-state index in [1.54, 1.807) is 24.3 Å². The number of nitrogens with zero attached hydrogens (tertiary/aromatic N) is 10. The van der Waals surface area contributed by atoms with Gasteiger partial charge >= 0.3 is 24.0 Å². The Morgan fingerprint density at radius 2 is 0.902 bits per heavy atom. The average Bonchev–Trinajstić information content (AvgIpc) is 1.62. The van der Waals surface area contributed by atoms with E-state index in [-0.39, 0.29) is 104 Å². The smallest absolute Gasteiger partial charge is 0.324 e. The van der Waals surface area contributed by atoms with Gasteiger partial charge in [-0.25, -0.2) is 9.97 Å². The lowest BCUT2D eigenvalue weighted by Gasteiger charge is -2.37. The van der Waals surface area contributed by atoms with E-state index >= 15 is 0 Å². The van der Waals surface area contributed by atoms with Gasteiger partial charge in [-0.15, -0.1) is 9.97 Å². The molecule has 0 bridgehead atoms. The number of rotatable bonds is 34. The zero-order valence-corrected chi connectivity index (χ0v) is 67.5. The highest BCUT2D eigenvalue weighted by atomic mass is 35.5. The highest BCUT2D eigenvalue weighted by Crippen LogP contribution is 2.35. The summed E-state index contributed by atoms with van der Waals surface area (Å²) in [6, 6.07) is -1.57. The van der Waals surface area contributed by atoms with Crippen molar-refractivity contribution in [3.63, 3.8) is 0 Å². The maximum absolute atomic E-state index is 14.8. The Labute approximate surface area is 663 Å². The second kappa shape index (κ2) is 39.9. The molecule has 4 aromatic heterocycles. The number of ketones is 1. The number of pyridine rings is 2. The van der Waals surface area contributed by atoms with Gasteiger partial charge in [0.25, 0.3) is 11.8 Å². The van der Waals surface area contributed by atoms with E-state index in [0.29, 0.717) is 29.3 Å². The Bertz CT molecular complexity index is 3830. The molecule has 9 N–H and O–H groups in total. The number of likely N-dealkylation sites (tertiary alicyclic amines) is 2. The lowest BCUT2D eigenvalue weighted by molar-refractivity contribution is -0.145. The molecule has 0 radical (unpaired) electrons. The summed E-state index contributed by atoms with van der Waals surface area (Å²) in [5, 5.41) is 35.4. The summed E-state index contributed by atoms with van der Waals surface area (Å²) in [5.74, 6) is -4.62. The molecule has 10 rings (SSSR count). The Balaban J connectivity index is 0.000000257. The highest BCUT2D eigenvalue weighted by Gasteiger charge is 2.50. The number of halogens is 2. The van der Waals surface area contributed by atoms with Crippen LogP contribution in [0.2, 0.25) is 10.0 Å². The first-order valence-corrected chi connectivity index (χ1v) is 39.6. The van der Waals surface area contributed by atoms with Crippen molar-refractivity contribution < 1.29 is 76.7 Å². The number of ether oxygens (including phenoxy) is 6. The zero-order valence-electron chi connectivity index (χ0n) is 66.0. The number of aliphatic hydroxyl groups excluding tert-OH is 1. The maximum Gasteiger partial charge on any atom is 0.324 e. The first-order valence-electron chi connectivity index (χ1n) is 38.8. The molecule has 4 aromatic rings. The van der Waals surface area contributed by atoms with Crippen LogP contribution in [0.4, 0.5) is 11.9 Å². The number of aliphatic hydroxyl groups is 1. The van der Waals surface area contributed by atoms with Crippen molar-refractivity contribution in [2.24, 2.45) is 22.7 Å². The first-order chi connectivity index (χ1) is 53.4. The number of carbonyl (C=O) groups is 9. The van der Waals surface area contributed by atoms with Crippen LogP contribution in [0.25, 0.3) is 0 Å². The molecule has 0 aromatic carbocycles. The van der Waals surface area contributed by atoms with Crippen LogP contribution in [-0.2, 0) is 43.2 Å².